The molecule has 0 saturated heterocycles. The average Bonchev–Trinajstić information content (AvgIpc) is 3.28. The first-order valence-corrected chi connectivity index (χ1v) is 8.32. The minimum atomic E-state index is 0.434. The third-order valence-corrected chi connectivity index (χ3v) is 4.82. The van der Waals surface area contributed by atoms with Crippen LogP contribution >= 0.6 is 22.7 Å². The quantitative estimate of drug-likeness (QED) is 0.623. The molecule has 2 N–H and O–H groups in total. The van der Waals surface area contributed by atoms with Crippen LogP contribution in [0, 0.1) is 0 Å². The Morgan fingerprint density at radius 3 is 2.64 bits per heavy atom. The monoisotopic (exact) mass is 325 g/mol. The summed E-state index contributed by atoms with van der Waals surface area (Å²) in [7, 11) is 0. The molecule has 0 saturated carbocycles. The number of hydrogen-bond donors (Lipinski definition) is 1. The molecule has 22 heavy (non-hydrogen) atoms. The summed E-state index contributed by atoms with van der Waals surface area (Å²) < 4.78 is 1.82. The summed E-state index contributed by atoms with van der Waals surface area (Å²) in [6, 6.07) is 9.96. The van der Waals surface area contributed by atoms with Crippen molar-refractivity contribution in [2.24, 2.45) is 0 Å². The number of nitrogens with two attached hydrogens (primary N) is 1. The molecule has 4 rings (SSSR count). The van der Waals surface area contributed by atoms with E-state index in [0.717, 1.165) is 27.0 Å². The maximum absolute atomic E-state index is 6.05. The zero-order valence-electron chi connectivity index (χ0n) is 11.4. The van der Waals surface area contributed by atoms with Crippen LogP contribution in [0.15, 0.2) is 53.6 Å². The van der Waals surface area contributed by atoms with Crippen molar-refractivity contribution >= 4 is 28.6 Å². The fourth-order valence-corrected chi connectivity index (χ4v) is 3.59. The summed E-state index contributed by atoms with van der Waals surface area (Å²) in [5.74, 6) is 0.434. The maximum atomic E-state index is 6.05. The van der Waals surface area contributed by atoms with Gasteiger partial charge in [-0.3, -0.25) is 9.55 Å². The minimum Gasteiger partial charge on any atom is -0.369 e. The van der Waals surface area contributed by atoms with Gasteiger partial charge in [-0.25, -0.2) is 9.97 Å². The van der Waals surface area contributed by atoms with E-state index in [1.165, 1.54) is 11.3 Å². The van der Waals surface area contributed by atoms with Crippen molar-refractivity contribution in [2.45, 2.75) is 0 Å². The van der Waals surface area contributed by atoms with E-state index < -0.39 is 0 Å². The molecule has 0 unspecified atom stereocenters. The Labute approximate surface area is 134 Å². The molecule has 0 fully saturated rings. The SMILES string of the molecule is Nc1nc(-c2ccccc2)cn1-c1nc(-c2cncs2)cs1. The van der Waals surface area contributed by atoms with Crippen LogP contribution in [-0.4, -0.2) is 19.5 Å². The van der Waals surface area contributed by atoms with Gasteiger partial charge in [0.15, 0.2) is 5.13 Å². The van der Waals surface area contributed by atoms with Gasteiger partial charge in [-0.05, 0) is 0 Å². The Hall–Kier alpha value is -2.51. The van der Waals surface area contributed by atoms with Crippen LogP contribution in [0.25, 0.3) is 27.0 Å². The molecule has 3 heterocycles. The molecule has 3 aromatic heterocycles. The number of nitrogens with zero attached hydrogens (tertiary/aromatic N) is 4. The van der Waals surface area contributed by atoms with Crippen molar-refractivity contribution in [1.29, 1.82) is 0 Å². The van der Waals surface area contributed by atoms with Gasteiger partial charge in [0.25, 0.3) is 0 Å². The number of thiazole rings is 2. The van der Waals surface area contributed by atoms with E-state index in [1.54, 1.807) is 16.8 Å². The average molecular weight is 325 g/mol. The van der Waals surface area contributed by atoms with Gasteiger partial charge in [0.05, 0.1) is 21.8 Å². The van der Waals surface area contributed by atoms with E-state index in [1.807, 2.05) is 52.7 Å². The lowest BCUT2D eigenvalue weighted by Crippen LogP contribution is -1.98. The molecule has 0 bridgehead atoms. The number of nitrogen functional groups attached to an aromatic ring is 1. The molecular weight excluding hydrogens is 314 g/mol. The molecule has 0 radical (unpaired) electrons. The lowest BCUT2D eigenvalue weighted by atomic mass is 10.2. The summed E-state index contributed by atoms with van der Waals surface area (Å²) in [5.41, 5.74) is 10.6. The largest absolute Gasteiger partial charge is 0.369 e. The Kier molecular flexibility index (Phi) is 3.21. The molecule has 0 aliphatic carbocycles. The number of imidazole rings is 1. The standard InChI is InChI=1S/C15H11N5S2/c16-14-18-11(10-4-2-1-3-5-10)7-20(14)15-19-12(8-21-15)13-6-17-9-22-13/h1-9H,(H2,16,18). The highest BCUT2D eigenvalue weighted by Crippen LogP contribution is 2.29. The van der Waals surface area contributed by atoms with Gasteiger partial charge < -0.3 is 5.73 Å². The summed E-state index contributed by atoms with van der Waals surface area (Å²) in [6.07, 6.45) is 3.73. The van der Waals surface area contributed by atoms with Gasteiger partial charge in [-0.15, -0.1) is 22.7 Å². The second kappa shape index (κ2) is 5.36. The summed E-state index contributed by atoms with van der Waals surface area (Å²) >= 11 is 3.10. The Bertz CT molecular complexity index is 893. The zero-order chi connectivity index (χ0) is 14.9. The fourth-order valence-electron chi connectivity index (χ4n) is 2.13. The molecule has 0 amide bonds. The molecule has 0 aliphatic heterocycles. The summed E-state index contributed by atoms with van der Waals surface area (Å²) in [5, 5.41) is 2.81. The first-order chi connectivity index (χ1) is 10.8. The van der Waals surface area contributed by atoms with E-state index in [0.29, 0.717) is 5.95 Å². The first kappa shape index (κ1) is 13.2. The molecule has 1 aromatic carbocycles. The van der Waals surface area contributed by atoms with Crippen molar-refractivity contribution in [2.75, 3.05) is 5.73 Å². The van der Waals surface area contributed by atoms with Crippen molar-refractivity contribution in [1.82, 2.24) is 19.5 Å². The second-order valence-corrected chi connectivity index (χ2v) is 6.32. The van der Waals surface area contributed by atoms with Gasteiger partial charge in [0.1, 0.15) is 0 Å². The molecular formula is C15H11N5S2. The van der Waals surface area contributed by atoms with Crippen LogP contribution < -0.4 is 5.73 Å². The molecule has 7 heteroatoms. The fraction of sp³-hybridized carbons (Fsp3) is 0. The van der Waals surface area contributed by atoms with Crippen molar-refractivity contribution in [3.05, 3.63) is 53.6 Å². The Balaban J connectivity index is 1.73. The minimum absolute atomic E-state index is 0.434. The molecule has 0 spiro atoms. The van der Waals surface area contributed by atoms with E-state index >= 15 is 0 Å². The van der Waals surface area contributed by atoms with E-state index in [-0.39, 0.29) is 0 Å². The van der Waals surface area contributed by atoms with E-state index in [2.05, 4.69) is 15.0 Å². The molecule has 0 atom stereocenters. The number of benzene rings is 1. The molecule has 4 aromatic rings. The zero-order valence-corrected chi connectivity index (χ0v) is 13.0. The Morgan fingerprint density at radius 1 is 1.00 bits per heavy atom. The van der Waals surface area contributed by atoms with Gasteiger partial charge in [0, 0.05) is 23.3 Å². The highest BCUT2D eigenvalue weighted by molar-refractivity contribution is 7.15. The number of hydrogen-bond acceptors (Lipinski definition) is 6. The van der Waals surface area contributed by atoms with Crippen LogP contribution in [0.2, 0.25) is 0 Å². The highest BCUT2D eigenvalue weighted by atomic mass is 32.1. The second-order valence-electron chi connectivity index (χ2n) is 4.60. The number of anilines is 1. The third-order valence-electron chi connectivity index (χ3n) is 3.19. The predicted molar refractivity (Wildman–Crippen MR) is 90.2 cm³/mol. The van der Waals surface area contributed by atoms with Crippen LogP contribution in [0.5, 0.6) is 0 Å². The van der Waals surface area contributed by atoms with Crippen LogP contribution in [0.1, 0.15) is 0 Å². The maximum Gasteiger partial charge on any atom is 0.207 e. The summed E-state index contributed by atoms with van der Waals surface area (Å²) in [6.45, 7) is 0. The van der Waals surface area contributed by atoms with E-state index in [9.17, 15) is 0 Å². The summed E-state index contributed by atoms with van der Waals surface area (Å²) in [4.78, 5) is 14.2. The third kappa shape index (κ3) is 2.30. The van der Waals surface area contributed by atoms with Gasteiger partial charge in [0.2, 0.25) is 5.95 Å². The first-order valence-electron chi connectivity index (χ1n) is 6.56. The van der Waals surface area contributed by atoms with Crippen molar-refractivity contribution in [3.63, 3.8) is 0 Å². The topological polar surface area (TPSA) is 69.6 Å². The van der Waals surface area contributed by atoms with Gasteiger partial charge in [-0.1, -0.05) is 30.3 Å². The van der Waals surface area contributed by atoms with E-state index in [4.69, 9.17) is 5.73 Å². The van der Waals surface area contributed by atoms with Crippen LogP contribution in [0.4, 0.5) is 5.95 Å². The van der Waals surface area contributed by atoms with Crippen LogP contribution in [0.3, 0.4) is 0 Å². The lowest BCUT2D eigenvalue weighted by Gasteiger charge is -1.97. The lowest BCUT2D eigenvalue weighted by molar-refractivity contribution is 1.05. The smallest absolute Gasteiger partial charge is 0.207 e. The number of aromatic nitrogens is 4. The molecule has 5 nitrogen and oxygen atoms in total. The van der Waals surface area contributed by atoms with Gasteiger partial charge in [-0.2, -0.15) is 0 Å². The molecule has 108 valence electrons. The molecule has 0 aliphatic rings. The Morgan fingerprint density at radius 2 is 1.86 bits per heavy atom. The number of rotatable bonds is 3. The normalized spacial score (nSPS) is 10.9. The van der Waals surface area contributed by atoms with Crippen molar-refractivity contribution < 1.29 is 0 Å². The highest BCUT2D eigenvalue weighted by Gasteiger charge is 2.12. The van der Waals surface area contributed by atoms with Gasteiger partial charge >= 0.3 is 0 Å². The van der Waals surface area contributed by atoms with Crippen LogP contribution in [-0.2, 0) is 0 Å². The van der Waals surface area contributed by atoms with Crippen molar-refractivity contribution in [3.8, 4) is 27.0 Å². The predicted octanol–water partition coefficient (Wildman–Crippen LogP) is 3.70.